The van der Waals surface area contributed by atoms with Crippen LogP contribution in [0.2, 0.25) is 5.02 Å². The Bertz CT molecular complexity index is 674. The number of aromatic nitrogens is 2. The van der Waals surface area contributed by atoms with Crippen molar-refractivity contribution in [2.24, 2.45) is 0 Å². The smallest absolute Gasteiger partial charge is 0.315 e. The molecule has 23 heavy (non-hydrogen) atoms. The van der Waals surface area contributed by atoms with Gasteiger partial charge in [-0.2, -0.15) is 4.98 Å². The van der Waals surface area contributed by atoms with Crippen molar-refractivity contribution in [1.82, 2.24) is 20.4 Å². The van der Waals surface area contributed by atoms with Gasteiger partial charge in [0.15, 0.2) is 5.82 Å². The van der Waals surface area contributed by atoms with Crippen LogP contribution in [0, 0.1) is 0 Å². The third-order valence-electron chi connectivity index (χ3n) is 3.65. The van der Waals surface area contributed by atoms with Crippen molar-refractivity contribution in [3.8, 4) is 0 Å². The lowest BCUT2D eigenvalue weighted by atomic mass is 10.1. The molecule has 1 N–H and O–H groups in total. The Hall–Kier alpha value is -1.96. The average Bonchev–Trinajstić information content (AvgIpc) is 3.03. The van der Waals surface area contributed by atoms with Crippen LogP contribution in [-0.4, -0.2) is 47.7 Å². The summed E-state index contributed by atoms with van der Waals surface area (Å²) in [5, 5.41) is 7.00. The maximum atomic E-state index is 11.4. The van der Waals surface area contributed by atoms with Crippen LogP contribution in [0.25, 0.3) is 0 Å². The van der Waals surface area contributed by atoms with Crippen molar-refractivity contribution in [3.63, 3.8) is 0 Å². The topological polar surface area (TPSA) is 80.5 Å². The van der Waals surface area contributed by atoms with Gasteiger partial charge in [-0.25, -0.2) is 0 Å². The molecule has 0 radical (unpaired) electrons. The quantitative estimate of drug-likeness (QED) is 0.914. The molecular weight excluding hydrogens is 320 g/mol. The minimum absolute atomic E-state index is 0.0219. The fourth-order valence-corrected chi connectivity index (χ4v) is 2.57. The van der Waals surface area contributed by atoms with Crippen LogP contribution in [0.15, 0.2) is 28.8 Å². The van der Waals surface area contributed by atoms with Crippen LogP contribution in [0.4, 0.5) is 0 Å². The lowest BCUT2D eigenvalue weighted by Crippen LogP contribution is -2.38. The van der Waals surface area contributed by atoms with Gasteiger partial charge in [-0.15, -0.1) is 0 Å². The zero-order chi connectivity index (χ0) is 16.2. The maximum absolute atomic E-state index is 11.4. The van der Waals surface area contributed by atoms with E-state index >= 15 is 0 Å². The Kier molecular flexibility index (Phi) is 4.90. The van der Waals surface area contributed by atoms with E-state index in [1.807, 2.05) is 24.3 Å². The molecule has 1 unspecified atom stereocenters. The van der Waals surface area contributed by atoms with E-state index in [0.717, 1.165) is 12.1 Å². The van der Waals surface area contributed by atoms with Gasteiger partial charge in [0.25, 0.3) is 0 Å². The van der Waals surface area contributed by atoms with Gasteiger partial charge in [0, 0.05) is 25.2 Å². The number of hydrogen-bond donors (Lipinski definition) is 1. The molecule has 1 fully saturated rings. The molecule has 2 aromatic rings. The highest BCUT2D eigenvalue weighted by Crippen LogP contribution is 2.24. The predicted octanol–water partition coefficient (Wildman–Crippen LogP) is 1.66. The molecule has 7 nitrogen and oxygen atoms in total. The molecule has 1 saturated heterocycles. The van der Waals surface area contributed by atoms with E-state index in [-0.39, 0.29) is 17.9 Å². The Balaban J connectivity index is 1.63. The summed E-state index contributed by atoms with van der Waals surface area (Å²) in [6.07, 6.45) is -0.0219. The second-order valence-corrected chi connectivity index (χ2v) is 5.68. The molecule has 0 spiro atoms. The molecule has 1 atom stereocenters. The van der Waals surface area contributed by atoms with Gasteiger partial charge in [0.05, 0.1) is 19.3 Å². The highest BCUT2D eigenvalue weighted by Gasteiger charge is 2.24. The van der Waals surface area contributed by atoms with Crippen LogP contribution in [0.3, 0.4) is 0 Å². The minimum atomic E-state index is -0.384. The molecule has 1 aliphatic rings. The number of ether oxygens (including phenoxy) is 1. The number of nitrogens with zero attached hydrogens (tertiary/aromatic N) is 3. The third-order valence-corrected chi connectivity index (χ3v) is 3.90. The van der Waals surface area contributed by atoms with E-state index in [0.29, 0.717) is 30.5 Å². The summed E-state index contributed by atoms with van der Waals surface area (Å²) in [6.45, 7) is 2.61. The summed E-state index contributed by atoms with van der Waals surface area (Å²) in [4.78, 5) is 17.7. The monoisotopic (exact) mass is 336 g/mol. The van der Waals surface area contributed by atoms with Crippen molar-refractivity contribution in [2.45, 2.75) is 12.6 Å². The van der Waals surface area contributed by atoms with Crippen molar-refractivity contribution < 1.29 is 14.1 Å². The van der Waals surface area contributed by atoms with Crippen LogP contribution in [0.5, 0.6) is 0 Å². The van der Waals surface area contributed by atoms with E-state index < -0.39 is 0 Å². The van der Waals surface area contributed by atoms with Crippen molar-refractivity contribution in [3.05, 3.63) is 46.6 Å². The number of nitrogens with one attached hydrogen (secondary N) is 1. The molecule has 8 heteroatoms. The van der Waals surface area contributed by atoms with Gasteiger partial charge in [0.2, 0.25) is 0 Å². The number of morpholine rings is 1. The molecule has 122 valence electrons. The SMILES string of the molecule is CNC(=O)c1nc(CN2CCOC(c3ccc(Cl)cc3)C2)no1. The first-order valence-electron chi connectivity index (χ1n) is 7.30. The van der Waals surface area contributed by atoms with Gasteiger partial charge < -0.3 is 14.6 Å². The molecule has 3 rings (SSSR count). The first kappa shape index (κ1) is 15.9. The lowest BCUT2D eigenvalue weighted by molar-refractivity contribution is -0.0338. The molecule has 1 aliphatic heterocycles. The van der Waals surface area contributed by atoms with Crippen molar-refractivity contribution in [1.29, 1.82) is 0 Å². The van der Waals surface area contributed by atoms with Gasteiger partial charge in [-0.3, -0.25) is 9.69 Å². The predicted molar refractivity (Wildman–Crippen MR) is 83.1 cm³/mol. The molecule has 0 saturated carbocycles. The fraction of sp³-hybridized carbons (Fsp3) is 0.400. The van der Waals surface area contributed by atoms with E-state index in [2.05, 4.69) is 20.4 Å². The summed E-state index contributed by atoms with van der Waals surface area (Å²) in [5.41, 5.74) is 1.08. The molecular formula is C15H17ClN4O3. The summed E-state index contributed by atoms with van der Waals surface area (Å²) >= 11 is 5.92. The highest BCUT2D eigenvalue weighted by atomic mass is 35.5. The number of amides is 1. The zero-order valence-electron chi connectivity index (χ0n) is 12.7. The molecule has 1 aromatic heterocycles. The minimum Gasteiger partial charge on any atom is -0.371 e. The summed E-state index contributed by atoms with van der Waals surface area (Å²) in [5.74, 6) is 0.0788. The van der Waals surface area contributed by atoms with Crippen LogP contribution in [0.1, 0.15) is 28.2 Å². The number of carbonyl (C=O) groups excluding carboxylic acids is 1. The lowest BCUT2D eigenvalue weighted by Gasteiger charge is -2.32. The normalized spacial score (nSPS) is 18.8. The molecule has 0 bridgehead atoms. The van der Waals surface area contributed by atoms with E-state index in [4.69, 9.17) is 20.9 Å². The highest BCUT2D eigenvalue weighted by molar-refractivity contribution is 6.30. The number of rotatable bonds is 4. The Morgan fingerprint density at radius 2 is 2.22 bits per heavy atom. The van der Waals surface area contributed by atoms with Gasteiger partial charge >= 0.3 is 11.8 Å². The Labute approximate surface area is 138 Å². The van der Waals surface area contributed by atoms with Crippen LogP contribution < -0.4 is 5.32 Å². The van der Waals surface area contributed by atoms with E-state index in [9.17, 15) is 4.79 Å². The number of benzene rings is 1. The zero-order valence-corrected chi connectivity index (χ0v) is 13.4. The fourth-order valence-electron chi connectivity index (χ4n) is 2.44. The van der Waals surface area contributed by atoms with Gasteiger partial charge in [0.1, 0.15) is 0 Å². The standard InChI is InChI=1S/C15H17ClN4O3/c1-17-14(21)15-18-13(19-23-15)9-20-6-7-22-12(8-20)10-2-4-11(16)5-3-10/h2-5,12H,6-9H2,1H3,(H,17,21). The van der Waals surface area contributed by atoms with Crippen molar-refractivity contribution in [2.75, 3.05) is 26.7 Å². The van der Waals surface area contributed by atoms with E-state index in [1.165, 1.54) is 7.05 Å². The average molecular weight is 337 g/mol. The molecule has 1 amide bonds. The summed E-state index contributed by atoms with van der Waals surface area (Å²) in [6, 6.07) is 7.64. The summed E-state index contributed by atoms with van der Waals surface area (Å²) in [7, 11) is 1.52. The van der Waals surface area contributed by atoms with E-state index in [1.54, 1.807) is 0 Å². The number of carbonyl (C=O) groups is 1. The second kappa shape index (κ2) is 7.08. The number of halogens is 1. The maximum Gasteiger partial charge on any atom is 0.315 e. The number of hydrogen-bond acceptors (Lipinski definition) is 6. The summed E-state index contributed by atoms with van der Waals surface area (Å²) < 4.78 is 10.8. The van der Waals surface area contributed by atoms with Crippen LogP contribution in [-0.2, 0) is 11.3 Å². The molecule has 2 heterocycles. The Morgan fingerprint density at radius 3 is 2.96 bits per heavy atom. The van der Waals surface area contributed by atoms with Crippen LogP contribution >= 0.6 is 11.6 Å². The third kappa shape index (κ3) is 3.87. The first-order chi connectivity index (χ1) is 11.2. The van der Waals surface area contributed by atoms with Gasteiger partial charge in [-0.1, -0.05) is 28.9 Å². The molecule has 1 aromatic carbocycles. The molecule has 0 aliphatic carbocycles. The Morgan fingerprint density at radius 1 is 1.43 bits per heavy atom. The first-order valence-corrected chi connectivity index (χ1v) is 7.67. The largest absolute Gasteiger partial charge is 0.371 e. The van der Waals surface area contributed by atoms with Gasteiger partial charge in [-0.05, 0) is 17.7 Å². The van der Waals surface area contributed by atoms with Crippen molar-refractivity contribution >= 4 is 17.5 Å². The second-order valence-electron chi connectivity index (χ2n) is 5.24.